The van der Waals surface area contributed by atoms with Crippen LogP contribution in [-0.4, -0.2) is 33.3 Å². The molecule has 0 radical (unpaired) electrons. The van der Waals surface area contributed by atoms with E-state index < -0.39 is 0 Å². The molecule has 0 aliphatic rings. The number of hydrogen-bond donors (Lipinski definition) is 1. The van der Waals surface area contributed by atoms with E-state index in [1.807, 2.05) is 42.5 Å². The normalized spacial score (nSPS) is 10.6. The van der Waals surface area contributed by atoms with Crippen molar-refractivity contribution in [2.45, 2.75) is 32.6 Å². The van der Waals surface area contributed by atoms with Crippen LogP contribution in [-0.2, 0) is 11.2 Å². The molecule has 0 aromatic heterocycles. The van der Waals surface area contributed by atoms with Crippen molar-refractivity contribution in [3.63, 3.8) is 0 Å². The van der Waals surface area contributed by atoms with E-state index in [1.165, 1.54) is 0 Å². The summed E-state index contributed by atoms with van der Waals surface area (Å²) in [4.78, 5) is 12.0. The number of hydrogen-bond acceptors (Lipinski definition) is 4. The lowest BCUT2D eigenvalue weighted by Crippen LogP contribution is -2.30. The lowest BCUT2D eigenvalue weighted by atomic mass is 10.0. The van der Waals surface area contributed by atoms with Gasteiger partial charge in [0.2, 0.25) is 0 Å². The monoisotopic (exact) mass is 371 g/mol. The van der Waals surface area contributed by atoms with Gasteiger partial charge >= 0.3 is 0 Å². The average molecular weight is 371 g/mol. The fourth-order valence-corrected chi connectivity index (χ4v) is 2.84. The predicted molar refractivity (Wildman–Crippen MR) is 107 cm³/mol. The van der Waals surface area contributed by atoms with Gasteiger partial charge in [-0.3, -0.25) is 4.79 Å². The lowest BCUT2D eigenvalue weighted by Gasteiger charge is -2.13. The molecule has 1 amide bonds. The number of aryl methyl sites for hydroxylation is 1. The number of amides is 1. The molecule has 0 spiro atoms. The van der Waals surface area contributed by atoms with Gasteiger partial charge in [0.05, 0.1) is 14.2 Å². The molecular formula is C22H29NO4. The first-order chi connectivity index (χ1) is 13.0. The minimum atomic E-state index is -0.110. The molecule has 5 nitrogen and oxygen atoms in total. The fraction of sp³-hybridized carbons (Fsp3) is 0.409. The summed E-state index contributed by atoms with van der Waals surface area (Å²) in [6.07, 6.45) is 1.68. The second-order valence-electron chi connectivity index (χ2n) is 6.62. The number of rotatable bonds is 10. The number of ether oxygens (including phenoxy) is 3. The smallest absolute Gasteiger partial charge is 0.257 e. The van der Waals surface area contributed by atoms with Gasteiger partial charge in [-0.1, -0.05) is 38.1 Å². The molecule has 0 atom stereocenters. The SMILES string of the molecule is COc1ccc(CCCNC(=O)COc2ccccc2C(C)C)cc1OC. The Kier molecular flexibility index (Phi) is 7.99. The van der Waals surface area contributed by atoms with Crippen LogP contribution in [0.1, 0.15) is 37.3 Å². The molecule has 0 heterocycles. The van der Waals surface area contributed by atoms with Gasteiger partial charge in [-0.2, -0.15) is 0 Å². The Morgan fingerprint density at radius 3 is 2.44 bits per heavy atom. The highest BCUT2D eigenvalue weighted by atomic mass is 16.5. The Bertz CT molecular complexity index is 743. The van der Waals surface area contributed by atoms with E-state index in [-0.39, 0.29) is 12.5 Å². The van der Waals surface area contributed by atoms with Crippen LogP contribution < -0.4 is 19.5 Å². The third kappa shape index (κ3) is 6.20. The maximum absolute atomic E-state index is 12.0. The molecule has 0 unspecified atom stereocenters. The molecular weight excluding hydrogens is 342 g/mol. The molecule has 1 N–H and O–H groups in total. The third-order valence-electron chi connectivity index (χ3n) is 4.31. The van der Waals surface area contributed by atoms with Crippen LogP contribution in [0, 0.1) is 0 Å². The first-order valence-electron chi connectivity index (χ1n) is 9.24. The predicted octanol–water partition coefficient (Wildman–Crippen LogP) is 3.96. The van der Waals surface area contributed by atoms with Crippen molar-refractivity contribution >= 4 is 5.91 Å². The topological polar surface area (TPSA) is 56.8 Å². The number of methoxy groups -OCH3 is 2. The number of nitrogens with one attached hydrogen (secondary N) is 1. The zero-order chi connectivity index (χ0) is 19.6. The van der Waals surface area contributed by atoms with Crippen LogP contribution >= 0.6 is 0 Å². The van der Waals surface area contributed by atoms with Crippen molar-refractivity contribution in [3.8, 4) is 17.2 Å². The van der Waals surface area contributed by atoms with Crippen LogP contribution in [0.5, 0.6) is 17.2 Å². The summed E-state index contributed by atoms with van der Waals surface area (Å²) in [6.45, 7) is 4.84. The molecule has 0 fully saturated rings. The fourth-order valence-electron chi connectivity index (χ4n) is 2.84. The zero-order valence-electron chi connectivity index (χ0n) is 16.6. The van der Waals surface area contributed by atoms with Gasteiger partial charge in [0, 0.05) is 6.54 Å². The highest BCUT2D eigenvalue weighted by Gasteiger charge is 2.09. The van der Waals surface area contributed by atoms with Gasteiger partial charge in [-0.05, 0) is 48.1 Å². The van der Waals surface area contributed by atoms with Crippen molar-refractivity contribution in [2.75, 3.05) is 27.4 Å². The molecule has 2 aromatic rings. The standard InChI is InChI=1S/C22H29NO4/c1-16(2)18-9-5-6-10-19(18)27-15-22(24)23-13-7-8-17-11-12-20(25-3)21(14-17)26-4/h5-6,9-12,14,16H,7-8,13,15H2,1-4H3,(H,23,24). The quantitative estimate of drug-likeness (QED) is 0.643. The zero-order valence-corrected chi connectivity index (χ0v) is 16.6. The Morgan fingerprint density at radius 1 is 1.00 bits per heavy atom. The Hall–Kier alpha value is -2.69. The Balaban J connectivity index is 1.74. The highest BCUT2D eigenvalue weighted by molar-refractivity contribution is 5.77. The summed E-state index contributed by atoms with van der Waals surface area (Å²) < 4.78 is 16.2. The summed E-state index contributed by atoms with van der Waals surface area (Å²) in [5.41, 5.74) is 2.25. The van der Waals surface area contributed by atoms with E-state index in [0.29, 0.717) is 18.2 Å². The maximum Gasteiger partial charge on any atom is 0.257 e. The summed E-state index contributed by atoms with van der Waals surface area (Å²) in [6, 6.07) is 13.7. The van der Waals surface area contributed by atoms with Crippen LogP contribution in [0.2, 0.25) is 0 Å². The summed E-state index contributed by atoms with van der Waals surface area (Å²) in [5, 5.41) is 2.90. The minimum Gasteiger partial charge on any atom is -0.493 e. The molecule has 5 heteroatoms. The summed E-state index contributed by atoms with van der Waals surface area (Å²) >= 11 is 0. The largest absolute Gasteiger partial charge is 0.493 e. The highest BCUT2D eigenvalue weighted by Crippen LogP contribution is 2.28. The van der Waals surface area contributed by atoms with Crippen LogP contribution in [0.15, 0.2) is 42.5 Å². The first-order valence-corrected chi connectivity index (χ1v) is 9.24. The molecule has 27 heavy (non-hydrogen) atoms. The van der Waals surface area contributed by atoms with E-state index in [2.05, 4.69) is 19.2 Å². The van der Waals surface area contributed by atoms with Crippen molar-refractivity contribution in [1.82, 2.24) is 5.32 Å². The van der Waals surface area contributed by atoms with Crippen molar-refractivity contribution in [2.24, 2.45) is 0 Å². The van der Waals surface area contributed by atoms with E-state index in [1.54, 1.807) is 14.2 Å². The lowest BCUT2D eigenvalue weighted by molar-refractivity contribution is -0.123. The van der Waals surface area contributed by atoms with E-state index >= 15 is 0 Å². The Morgan fingerprint density at radius 2 is 1.74 bits per heavy atom. The Labute approximate surface area is 161 Å². The van der Waals surface area contributed by atoms with Gasteiger partial charge < -0.3 is 19.5 Å². The first kappa shape index (κ1) is 20.6. The molecule has 0 aliphatic carbocycles. The second-order valence-corrected chi connectivity index (χ2v) is 6.62. The summed E-state index contributed by atoms with van der Waals surface area (Å²) in [5.74, 6) is 2.45. The van der Waals surface area contributed by atoms with Crippen LogP contribution in [0.3, 0.4) is 0 Å². The molecule has 2 rings (SSSR count). The van der Waals surface area contributed by atoms with E-state index in [9.17, 15) is 4.79 Å². The molecule has 0 aliphatic heterocycles. The van der Waals surface area contributed by atoms with Gasteiger partial charge in [0.25, 0.3) is 5.91 Å². The number of benzene rings is 2. The molecule has 146 valence electrons. The summed E-state index contributed by atoms with van der Waals surface area (Å²) in [7, 11) is 3.24. The van der Waals surface area contributed by atoms with E-state index in [4.69, 9.17) is 14.2 Å². The number of carbonyl (C=O) groups is 1. The number of carbonyl (C=O) groups excluding carboxylic acids is 1. The second kappa shape index (κ2) is 10.5. The van der Waals surface area contributed by atoms with Gasteiger partial charge in [-0.15, -0.1) is 0 Å². The molecule has 0 saturated carbocycles. The van der Waals surface area contributed by atoms with Crippen molar-refractivity contribution in [1.29, 1.82) is 0 Å². The van der Waals surface area contributed by atoms with Crippen molar-refractivity contribution in [3.05, 3.63) is 53.6 Å². The maximum atomic E-state index is 12.0. The number of para-hydroxylation sites is 1. The van der Waals surface area contributed by atoms with Crippen molar-refractivity contribution < 1.29 is 19.0 Å². The average Bonchev–Trinajstić information content (AvgIpc) is 2.69. The van der Waals surface area contributed by atoms with E-state index in [0.717, 1.165) is 35.5 Å². The molecule has 0 saturated heterocycles. The molecule has 0 bridgehead atoms. The third-order valence-corrected chi connectivity index (χ3v) is 4.31. The minimum absolute atomic E-state index is 0.0279. The van der Waals surface area contributed by atoms with Gasteiger partial charge in [-0.25, -0.2) is 0 Å². The van der Waals surface area contributed by atoms with Crippen LogP contribution in [0.25, 0.3) is 0 Å². The molecule has 2 aromatic carbocycles. The van der Waals surface area contributed by atoms with Gasteiger partial charge in [0.15, 0.2) is 18.1 Å². The van der Waals surface area contributed by atoms with Gasteiger partial charge in [0.1, 0.15) is 5.75 Å². The van der Waals surface area contributed by atoms with Crippen LogP contribution in [0.4, 0.5) is 0 Å².